The second kappa shape index (κ2) is 6.77. The zero-order valence-corrected chi connectivity index (χ0v) is 13.7. The number of nitrogens with zero attached hydrogens (tertiary/aromatic N) is 2. The molecule has 2 aromatic heterocycles. The van der Waals surface area contributed by atoms with Crippen molar-refractivity contribution in [3.05, 3.63) is 45.9 Å². The van der Waals surface area contributed by atoms with Gasteiger partial charge in [0.05, 0.1) is 4.34 Å². The van der Waals surface area contributed by atoms with Gasteiger partial charge in [-0.25, -0.2) is 0 Å². The van der Waals surface area contributed by atoms with Crippen LogP contribution < -0.4 is 10.2 Å². The van der Waals surface area contributed by atoms with E-state index in [4.69, 9.17) is 11.6 Å². The van der Waals surface area contributed by atoms with Crippen LogP contribution in [0.3, 0.4) is 0 Å². The van der Waals surface area contributed by atoms with Crippen LogP contribution in [0.1, 0.15) is 30.7 Å². The number of nitrogens with one attached hydrogen (secondary N) is 1. The summed E-state index contributed by atoms with van der Waals surface area (Å²) in [4.78, 5) is 7.83. The predicted molar refractivity (Wildman–Crippen MR) is 90.4 cm³/mol. The van der Waals surface area contributed by atoms with Crippen molar-refractivity contribution in [1.29, 1.82) is 0 Å². The van der Waals surface area contributed by atoms with Crippen LogP contribution in [0.5, 0.6) is 0 Å². The Morgan fingerprint density at radius 3 is 2.57 bits per heavy atom. The van der Waals surface area contributed by atoms with E-state index < -0.39 is 0 Å². The van der Waals surface area contributed by atoms with E-state index in [-0.39, 0.29) is 0 Å². The van der Waals surface area contributed by atoms with E-state index in [1.807, 2.05) is 18.5 Å². The number of aromatic nitrogens is 1. The predicted octanol–water partition coefficient (Wildman–Crippen LogP) is 4.12. The van der Waals surface area contributed by atoms with Crippen LogP contribution in [-0.2, 0) is 0 Å². The van der Waals surface area contributed by atoms with Crippen molar-refractivity contribution >= 4 is 28.6 Å². The van der Waals surface area contributed by atoms with Gasteiger partial charge in [-0.3, -0.25) is 4.98 Å². The maximum atomic E-state index is 6.01. The zero-order valence-electron chi connectivity index (χ0n) is 12.1. The molecule has 21 heavy (non-hydrogen) atoms. The fourth-order valence-electron chi connectivity index (χ4n) is 2.86. The number of hydrogen-bond acceptors (Lipinski definition) is 4. The van der Waals surface area contributed by atoms with Gasteiger partial charge in [0.2, 0.25) is 0 Å². The Labute approximate surface area is 135 Å². The average Bonchev–Trinajstić information content (AvgIpc) is 2.96. The molecule has 0 radical (unpaired) electrons. The first-order valence-electron chi connectivity index (χ1n) is 7.38. The molecule has 1 unspecified atom stereocenters. The van der Waals surface area contributed by atoms with Gasteiger partial charge in [-0.2, -0.15) is 0 Å². The van der Waals surface area contributed by atoms with Gasteiger partial charge < -0.3 is 10.2 Å². The first-order valence-corrected chi connectivity index (χ1v) is 8.58. The third-order valence-electron chi connectivity index (χ3n) is 4.03. The number of pyridine rings is 1. The highest BCUT2D eigenvalue weighted by atomic mass is 35.5. The maximum absolute atomic E-state index is 6.01. The molecule has 1 aliphatic heterocycles. The normalized spacial score (nSPS) is 17.9. The van der Waals surface area contributed by atoms with Gasteiger partial charge >= 0.3 is 0 Å². The fraction of sp³-hybridized carbons (Fsp3) is 0.438. The number of thiophene rings is 1. The zero-order chi connectivity index (χ0) is 14.7. The Bertz CT molecular complexity index is 564. The highest BCUT2D eigenvalue weighted by Crippen LogP contribution is 2.28. The van der Waals surface area contributed by atoms with Gasteiger partial charge in [-0.05, 0) is 44.0 Å². The summed E-state index contributed by atoms with van der Waals surface area (Å²) in [6.45, 7) is 4.41. The number of rotatable bonds is 4. The van der Waals surface area contributed by atoms with Gasteiger partial charge in [-0.1, -0.05) is 11.6 Å². The number of hydrogen-bond donors (Lipinski definition) is 1. The molecule has 3 nitrogen and oxygen atoms in total. The summed E-state index contributed by atoms with van der Waals surface area (Å²) >= 11 is 7.68. The second-order valence-corrected chi connectivity index (χ2v) is 7.24. The second-order valence-electron chi connectivity index (χ2n) is 5.50. The molecule has 0 spiro atoms. The van der Waals surface area contributed by atoms with E-state index in [1.165, 1.54) is 23.4 Å². The molecule has 0 aliphatic carbocycles. The van der Waals surface area contributed by atoms with Crippen LogP contribution in [0.25, 0.3) is 0 Å². The maximum Gasteiger partial charge on any atom is 0.0931 e. The van der Waals surface area contributed by atoms with Crippen LogP contribution in [0.4, 0.5) is 5.69 Å². The van der Waals surface area contributed by atoms with E-state index in [9.17, 15) is 0 Å². The minimum Gasteiger partial charge on any atom is -0.371 e. The molecule has 0 amide bonds. The molecule has 0 saturated carbocycles. The summed E-state index contributed by atoms with van der Waals surface area (Å²) < 4.78 is 0.867. The minimum absolute atomic E-state index is 0.375. The SMILES string of the molecule is CC(NC1CCN(c2ccncc2)CC1)c1ccc(Cl)s1. The summed E-state index contributed by atoms with van der Waals surface area (Å²) in [5.74, 6) is 0. The molecular weight excluding hydrogens is 302 g/mol. The quantitative estimate of drug-likeness (QED) is 0.918. The highest BCUT2D eigenvalue weighted by molar-refractivity contribution is 7.16. The molecule has 1 aliphatic rings. The summed E-state index contributed by atoms with van der Waals surface area (Å²) in [6.07, 6.45) is 6.07. The molecular formula is C16H20ClN3S. The van der Waals surface area contributed by atoms with Gasteiger partial charge in [-0.15, -0.1) is 11.3 Å². The van der Waals surface area contributed by atoms with E-state index in [2.05, 4.69) is 40.3 Å². The Morgan fingerprint density at radius 2 is 1.95 bits per heavy atom. The van der Waals surface area contributed by atoms with Crippen LogP contribution in [0.2, 0.25) is 4.34 Å². The molecule has 3 rings (SSSR count). The van der Waals surface area contributed by atoms with Crippen molar-refractivity contribution in [2.24, 2.45) is 0 Å². The largest absolute Gasteiger partial charge is 0.371 e. The van der Waals surface area contributed by atoms with Crippen LogP contribution in [0, 0.1) is 0 Å². The van der Waals surface area contributed by atoms with Crippen LogP contribution in [-0.4, -0.2) is 24.1 Å². The molecule has 1 saturated heterocycles. The van der Waals surface area contributed by atoms with Gasteiger partial charge in [0, 0.05) is 48.1 Å². The molecule has 3 heterocycles. The van der Waals surface area contributed by atoms with Gasteiger partial charge in [0.15, 0.2) is 0 Å². The van der Waals surface area contributed by atoms with Crippen molar-refractivity contribution in [2.45, 2.75) is 31.8 Å². The van der Waals surface area contributed by atoms with Crippen molar-refractivity contribution in [3.8, 4) is 0 Å². The van der Waals surface area contributed by atoms with E-state index in [1.54, 1.807) is 11.3 Å². The number of halogens is 1. The lowest BCUT2D eigenvalue weighted by Crippen LogP contribution is -2.43. The van der Waals surface area contributed by atoms with Crippen LogP contribution in [0.15, 0.2) is 36.7 Å². The first kappa shape index (κ1) is 14.8. The third kappa shape index (κ3) is 3.76. The molecule has 1 N–H and O–H groups in total. The molecule has 112 valence electrons. The molecule has 2 aromatic rings. The molecule has 0 aromatic carbocycles. The van der Waals surface area contributed by atoms with E-state index in [0.717, 1.165) is 17.4 Å². The smallest absolute Gasteiger partial charge is 0.0931 e. The monoisotopic (exact) mass is 321 g/mol. The third-order valence-corrected chi connectivity index (χ3v) is 5.44. The lowest BCUT2D eigenvalue weighted by atomic mass is 10.0. The fourth-order valence-corrected chi connectivity index (χ4v) is 3.93. The summed E-state index contributed by atoms with van der Waals surface area (Å²) in [7, 11) is 0. The van der Waals surface area contributed by atoms with Gasteiger partial charge in [0.25, 0.3) is 0 Å². The number of anilines is 1. The Balaban J connectivity index is 1.52. The van der Waals surface area contributed by atoms with Crippen LogP contribution >= 0.6 is 22.9 Å². The van der Waals surface area contributed by atoms with Crippen molar-refractivity contribution in [2.75, 3.05) is 18.0 Å². The number of piperidine rings is 1. The summed E-state index contributed by atoms with van der Waals surface area (Å²) in [5.41, 5.74) is 1.28. The Morgan fingerprint density at radius 1 is 1.24 bits per heavy atom. The highest BCUT2D eigenvalue weighted by Gasteiger charge is 2.21. The lowest BCUT2D eigenvalue weighted by Gasteiger charge is -2.35. The first-order chi connectivity index (χ1) is 10.2. The Kier molecular flexibility index (Phi) is 4.78. The van der Waals surface area contributed by atoms with E-state index in [0.29, 0.717) is 12.1 Å². The Hall–Kier alpha value is -1.10. The topological polar surface area (TPSA) is 28.2 Å². The summed E-state index contributed by atoms with van der Waals surface area (Å²) in [5, 5.41) is 3.73. The summed E-state index contributed by atoms with van der Waals surface area (Å²) in [6, 6.07) is 9.23. The average molecular weight is 322 g/mol. The molecule has 5 heteroatoms. The van der Waals surface area contributed by atoms with Crippen molar-refractivity contribution < 1.29 is 0 Å². The van der Waals surface area contributed by atoms with Gasteiger partial charge in [0.1, 0.15) is 0 Å². The van der Waals surface area contributed by atoms with Crippen molar-refractivity contribution in [3.63, 3.8) is 0 Å². The standard InChI is InChI=1S/C16H20ClN3S/c1-12(15-2-3-16(17)21-15)19-13-6-10-20(11-7-13)14-4-8-18-9-5-14/h2-5,8-9,12-13,19H,6-7,10-11H2,1H3. The molecule has 1 fully saturated rings. The van der Waals surface area contributed by atoms with Crippen molar-refractivity contribution in [1.82, 2.24) is 10.3 Å². The van der Waals surface area contributed by atoms with E-state index >= 15 is 0 Å². The molecule has 1 atom stereocenters. The lowest BCUT2D eigenvalue weighted by molar-refractivity contribution is 0.383. The molecule has 0 bridgehead atoms. The minimum atomic E-state index is 0.375.